The van der Waals surface area contributed by atoms with E-state index < -0.39 is 6.04 Å². The Morgan fingerprint density at radius 1 is 0.941 bits per heavy atom. The van der Waals surface area contributed by atoms with Crippen LogP contribution in [0.15, 0.2) is 78.9 Å². The number of aryl methyl sites for hydroxylation is 1. The number of hydrogen-bond acceptors (Lipinski definition) is 3. The molecular formula is C28H31ClN2O3. The van der Waals surface area contributed by atoms with Gasteiger partial charge in [0.05, 0.1) is 5.02 Å². The normalized spacial score (nSPS) is 11.7. The molecule has 2 amide bonds. The Hall–Kier alpha value is -3.31. The molecule has 34 heavy (non-hydrogen) atoms. The summed E-state index contributed by atoms with van der Waals surface area (Å²) < 4.78 is 5.75. The molecule has 3 aromatic carbocycles. The first kappa shape index (κ1) is 25.3. The first-order chi connectivity index (χ1) is 16.3. The summed E-state index contributed by atoms with van der Waals surface area (Å²) in [5, 5.41) is 3.42. The molecule has 0 radical (unpaired) electrons. The number of carbonyl (C=O) groups excluding carboxylic acids is 2. The average Bonchev–Trinajstić information content (AvgIpc) is 2.82. The van der Waals surface area contributed by atoms with Gasteiger partial charge in [-0.25, -0.2) is 0 Å². The Morgan fingerprint density at radius 3 is 2.26 bits per heavy atom. The SMILES string of the molecule is Cc1ccccc1CN(C(=O)COc1ccccc1Cl)C(Cc1ccccc1)C(=O)NC(C)C. The molecule has 0 saturated carbocycles. The summed E-state index contributed by atoms with van der Waals surface area (Å²) in [5.41, 5.74) is 3.00. The number of halogens is 1. The number of rotatable bonds is 10. The summed E-state index contributed by atoms with van der Waals surface area (Å²) in [6, 6.07) is 23.9. The number of nitrogens with one attached hydrogen (secondary N) is 1. The Balaban J connectivity index is 1.93. The van der Waals surface area contributed by atoms with E-state index in [1.165, 1.54) is 0 Å². The second-order valence-electron chi connectivity index (χ2n) is 8.54. The molecule has 6 heteroatoms. The number of hydrogen-bond donors (Lipinski definition) is 1. The number of carbonyl (C=O) groups is 2. The molecule has 0 heterocycles. The molecule has 1 N–H and O–H groups in total. The van der Waals surface area contributed by atoms with Crippen LogP contribution in [0.25, 0.3) is 0 Å². The van der Waals surface area contributed by atoms with Gasteiger partial charge in [0, 0.05) is 19.0 Å². The molecule has 3 rings (SSSR count). The van der Waals surface area contributed by atoms with Crippen LogP contribution < -0.4 is 10.1 Å². The van der Waals surface area contributed by atoms with Crippen molar-refractivity contribution in [3.63, 3.8) is 0 Å². The fourth-order valence-corrected chi connectivity index (χ4v) is 3.88. The molecule has 0 aliphatic rings. The van der Waals surface area contributed by atoms with Crippen LogP contribution in [0.2, 0.25) is 5.02 Å². The molecule has 0 aliphatic carbocycles. The molecular weight excluding hydrogens is 448 g/mol. The van der Waals surface area contributed by atoms with E-state index in [-0.39, 0.29) is 24.5 Å². The largest absolute Gasteiger partial charge is 0.482 e. The Labute approximate surface area is 206 Å². The number of amides is 2. The maximum absolute atomic E-state index is 13.5. The predicted molar refractivity (Wildman–Crippen MR) is 136 cm³/mol. The molecule has 0 aromatic heterocycles. The third-order valence-electron chi connectivity index (χ3n) is 5.49. The zero-order valence-corrected chi connectivity index (χ0v) is 20.6. The summed E-state index contributed by atoms with van der Waals surface area (Å²) in [4.78, 5) is 28.5. The zero-order valence-electron chi connectivity index (χ0n) is 19.8. The Bertz CT molecular complexity index is 1100. The van der Waals surface area contributed by atoms with Crippen LogP contribution in [0.4, 0.5) is 0 Å². The molecule has 1 atom stereocenters. The van der Waals surface area contributed by atoms with Crippen LogP contribution in [0.3, 0.4) is 0 Å². The molecule has 3 aromatic rings. The molecule has 0 bridgehead atoms. The average molecular weight is 479 g/mol. The summed E-state index contributed by atoms with van der Waals surface area (Å²) in [7, 11) is 0. The van der Waals surface area contributed by atoms with E-state index in [9.17, 15) is 9.59 Å². The van der Waals surface area contributed by atoms with Crippen molar-refractivity contribution in [2.75, 3.05) is 6.61 Å². The number of para-hydroxylation sites is 1. The van der Waals surface area contributed by atoms with Crippen molar-refractivity contribution >= 4 is 23.4 Å². The summed E-state index contributed by atoms with van der Waals surface area (Å²) >= 11 is 6.20. The van der Waals surface area contributed by atoms with Crippen molar-refractivity contribution in [1.29, 1.82) is 0 Å². The highest BCUT2D eigenvalue weighted by atomic mass is 35.5. The van der Waals surface area contributed by atoms with E-state index in [2.05, 4.69) is 5.32 Å². The second-order valence-corrected chi connectivity index (χ2v) is 8.94. The third kappa shape index (κ3) is 7.09. The lowest BCUT2D eigenvalue weighted by molar-refractivity contribution is -0.143. The van der Waals surface area contributed by atoms with Crippen molar-refractivity contribution in [1.82, 2.24) is 10.2 Å². The van der Waals surface area contributed by atoms with Crippen molar-refractivity contribution < 1.29 is 14.3 Å². The van der Waals surface area contributed by atoms with Gasteiger partial charge in [0.2, 0.25) is 5.91 Å². The minimum Gasteiger partial charge on any atom is -0.482 e. The highest BCUT2D eigenvalue weighted by molar-refractivity contribution is 6.32. The summed E-state index contributed by atoms with van der Waals surface area (Å²) in [6.07, 6.45) is 0.392. The third-order valence-corrected chi connectivity index (χ3v) is 5.80. The minimum atomic E-state index is -0.702. The molecule has 0 aliphatic heterocycles. The van der Waals surface area contributed by atoms with Crippen LogP contribution in [-0.4, -0.2) is 35.4 Å². The lowest BCUT2D eigenvalue weighted by Crippen LogP contribution is -2.52. The molecule has 0 spiro atoms. The van der Waals surface area contributed by atoms with Crippen LogP contribution in [0.1, 0.15) is 30.5 Å². The minimum absolute atomic E-state index is 0.0550. The van der Waals surface area contributed by atoms with Gasteiger partial charge in [-0.05, 0) is 49.6 Å². The highest BCUT2D eigenvalue weighted by Gasteiger charge is 2.31. The lowest BCUT2D eigenvalue weighted by Gasteiger charge is -2.32. The standard InChI is InChI=1S/C28H31ClN2O3/c1-20(2)30-28(33)25(17-22-12-5-4-6-13-22)31(18-23-14-8-7-11-21(23)3)27(32)19-34-26-16-10-9-15-24(26)29/h4-16,20,25H,17-19H2,1-3H3,(H,30,33). The fraction of sp³-hybridized carbons (Fsp3) is 0.286. The number of benzene rings is 3. The van der Waals surface area contributed by atoms with Gasteiger partial charge in [0.1, 0.15) is 11.8 Å². The summed E-state index contributed by atoms with van der Waals surface area (Å²) in [5.74, 6) is -0.0545. The summed E-state index contributed by atoms with van der Waals surface area (Å²) in [6.45, 7) is 5.88. The Morgan fingerprint density at radius 2 is 1.59 bits per heavy atom. The molecule has 0 fully saturated rings. The number of ether oxygens (including phenoxy) is 1. The monoisotopic (exact) mass is 478 g/mol. The van der Waals surface area contributed by atoms with Gasteiger partial charge in [-0.2, -0.15) is 0 Å². The zero-order chi connectivity index (χ0) is 24.5. The molecule has 178 valence electrons. The maximum atomic E-state index is 13.5. The molecule has 1 unspecified atom stereocenters. The highest BCUT2D eigenvalue weighted by Crippen LogP contribution is 2.24. The number of nitrogens with zero attached hydrogens (tertiary/aromatic N) is 1. The first-order valence-corrected chi connectivity index (χ1v) is 11.8. The van der Waals surface area contributed by atoms with Crippen molar-refractivity contribution in [3.05, 3.63) is 101 Å². The molecule has 5 nitrogen and oxygen atoms in total. The van der Waals surface area contributed by atoms with E-state index in [1.54, 1.807) is 29.2 Å². The van der Waals surface area contributed by atoms with Crippen LogP contribution in [0.5, 0.6) is 5.75 Å². The van der Waals surface area contributed by atoms with Gasteiger partial charge in [-0.15, -0.1) is 0 Å². The van der Waals surface area contributed by atoms with E-state index in [1.807, 2.05) is 75.4 Å². The van der Waals surface area contributed by atoms with E-state index in [4.69, 9.17) is 16.3 Å². The van der Waals surface area contributed by atoms with Crippen molar-refractivity contribution in [3.8, 4) is 5.75 Å². The topological polar surface area (TPSA) is 58.6 Å². The second kappa shape index (κ2) is 12.2. The Kier molecular flexibility index (Phi) is 9.11. The van der Waals surface area contributed by atoms with Gasteiger partial charge in [-0.1, -0.05) is 78.3 Å². The van der Waals surface area contributed by atoms with E-state index in [0.717, 1.165) is 16.7 Å². The fourth-order valence-electron chi connectivity index (χ4n) is 3.69. The van der Waals surface area contributed by atoms with Gasteiger partial charge >= 0.3 is 0 Å². The smallest absolute Gasteiger partial charge is 0.261 e. The predicted octanol–water partition coefficient (Wildman–Crippen LogP) is 5.19. The first-order valence-electron chi connectivity index (χ1n) is 11.4. The van der Waals surface area contributed by atoms with Crippen molar-refractivity contribution in [2.45, 2.75) is 45.8 Å². The lowest BCUT2D eigenvalue weighted by atomic mass is 10.0. The van der Waals surface area contributed by atoms with Gasteiger partial charge in [-0.3, -0.25) is 9.59 Å². The van der Waals surface area contributed by atoms with Crippen molar-refractivity contribution in [2.24, 2.45) is 0 Å². The van der Waals surface area contributed by atoms with Gasteiger partial charge in [0.25, 0.3) is 5.91 Å². The molecule has 0 saturated heterocycles. The quantitative estimate of drug-likeness (QED) is 0.436. The van der Waals surface area contributed by atoms with E-state index >= 15 is 0 Å². The maximum Gasteiger partial charge on any atom is 0.261 e. The van der Waals surface area contributed by atoms with Crippen LogP contribution in [-0.2, 0) is 22.6 Å². The van der Waals surface area contributed by atoms with Gasteiger partial charge in [0.15, 0.2) is 6.61 Å². The van der Waals surface area contributed by atoms with E-state index in [0.29, 0.717) is 23.7 Å². The van der Waals surface area contributed by atoms with Crippen LogP contribution in [0, 0.1) is 6.92 Å². The van der Waals surface area contributed by atoms with Crippen LogP contribution >= 0.6 is 11.6 Å². The van der Waals surface area contributed by atoms with Gasteiger partial charge < -0.3 is 15.0 Å².